The lowest BCUT2D eigenvalue weighted by atomic mass is 10.2. The fraction of sp³-hybridized carbons (Fsp3) is 0.0714. The number of nitrogens with zero attached hydrogens (tertiary/aromatic N) is 1. The minimum absolute atomic E-state index is 0.0926. The fourth-order valence-electron chi connectivity index (χ4n) is 1.66. The molecule has 2 aromatic rings. The van der Waals surface area contributed by atoms with Crippen molar-refractivity contribution in [1.29, 1.82) is 5.26 Å². The Bertz CT molecular complexity index is 704. The maximum Gasteiger partial charge on any atom is 0.236 e. The van der Waals surface area contributed by atoms with Gasteiger partial charge in [0.05, 0.1) is 17.4 Å². The molecule has 0 aliphatic carbocycles. The van der Waals surface area contributed by atoms with Gasteiger partial charge in [0, 0.05) is 5.69 Å². The number of nitriles is 1. The quantitative estimate of drug-likeness (QED) is 0.929. The van der Waals surface area contributed by atoms with Crippen LogP contribution >= 0.6 is 0 Å². The maximum atomic E-state index is 12.0. The van der Waals surface area contributed by atoms with E-state index in [4.69, 9.17) is 5.26 Å². The Balaban J connectivity index is 2.15. The minimum atomic E-state index is -3.47. The van der Waals surface area contributed by atoms with Crippen LogP contribution in [0.25, 0.3) is 0 Å². The number of sulfonamides is 1. The molecule has 0 unspecified atom stereocenters. The predicted molar refractivity (Wildman–Crippen MR) is 73.8 cm³/mol. The van der Waals surface area contributed by atoms with E-state index < -0.39 is 10.0 Å². The number of benzene rings is 2. The molecular formula is C14H12N2O2S. The van der Waals surface area contributed by atoms with E-state index in [1.54, 1.807) is 42.5 Å². The topological polar surface area (TPSA) is 70.0 Å². The van der Waals surface area contributed by atoms with Gasteiger partial charge < -0.3 is 0 Å². The van der Waals surface area contributed by atoms with Crippen LogP contribution in [0.15, 0.2) is 54.6 Å². The molecule has 0 spiro atoms. The van der Waals surface area contributed by atoms with Crippen molar-refractivity contribution in [3.63, 3.8) is 0 Å². The maximum absolute atomic E-state index is 12.0. The van der Waals surface area contributed by atoms with Gasteiger partial charge in [0.2, 0.25) is 10.0 Å². The largest absolute Gasteiger partial charge is 0.283 e. The molecule has 2 rings (SSSR count). The van der Waals surface area contributed by atoms with E-state index in [9.17, 15) is 8.42 Å². The smallest absolute Gasteiger partial charge is 0.236 e. The van der Waals surface area contributed by atoms with Crippen LogP contribution in [-0.4, -0.2) is 8.42 Å². The number of rotatable bonds is 4. The van der Waals surface area contributed by atoms with Gasteiger partial charge >= 0.3 is 0 Å². The SMILES string of the molecule is N#Cc1cccc(NS(=O)(=O)Cc2ccccc2)c1. The van der Waals surface area contributed by atoms with Crippen molar-refractivity contribution >= 4 is 15.7 Å². The highest BCUT2D eigenvalue weighted by atomic mass is 32.2. The average molecular weight is 272 g/mol. The van der Waals surface area contributed by atoms with E-state index in [-0.39, 0.29) is 5.75 Å². The summed E-state index contributed by atoms with van der Waals surface area (Å²) in [6.45, 7) is 0. The Morgan fingerprint density at radius 2 is 1.79 bits per heavy atom. The molecule has 0 aliphatic rings. The molecule has 1 N–H and O–H groups in total. The summed E-state index contributed by atoms with van der Waals surface area (Å²) >= 11 is 0. The van der Waals surface area contributed by atoms with Gasteiger partial charge in [0.1, 0.15) is 0 Å². The minimum Gasteiger partial charge on any atom is -0.283 e. The highest BCUT2D eigenvalue weighted by Gasteiger charge is 2.11. The Kier molecular flexibility index (Phi) is 3.83. The Morgan fingerprint density at radius 3 is 2.47 bits per heavy atom. The van der Waals surface area contributed by atoms with Crippen LogP contribution in [0.1, 0.15) is 11.1 Å². The lowest BCUT2D eigenvalue weighted by Gasteiger charge is -2.08. The molecule has 4 nitrogen and oxygen atoms in total. The zero-order chi connectivity index (χ0) is 13.7. The monoisotopic (exact) mass is 272 g/mol. The third-order valence-electron chi connectivity index (χ3n) is 2.46. The first-order valence-corrected chi connectivity index (χ1v) is 7.29. The highest BCUT2D eigenvalue weighted by Crippen LogP contribution is 2.14. The van der Waals surface area contributed by atoms with E-state index in [0.717, 1.165) is 0 Å². The fourth-order valence-corrected chi connectivity index (χ4v) is 2.85. The van der Waals surface area contributed by atoms with Crippen LogP contribution in [0.2, 0.25) is 0 Å². The van der Waals surface area contributed by atoms with Crippen LogP contribution in [0, 0.1) is 11.3 Å². The average Bonchev–Trinajstić information content (AvgIpc) is 2.39. The third-order valence-corrected chi connectivity index (χ3v) is 3.72. The van der Waals surface area contributed by atoms with E-state index in [0.29, 0.717) is 16.8 Å². The number of hydrogen-bond donors (Lipinski definition) is 1. The molecule has 2 aromatic carbocycles. The summed E-state index contributed by atoms with van der Waals surface area (Å²) < 4.78 is 26.4. The standard InChI is InChI=1S/C14H12N2O2S/c15-10-13-7-4-8-14(9-13)16-19(17,18)11-12-5-2-1-3-6-12/h1-9,16H,11H2. The van der Waals surface area contributed by atoms with Crippen molar-refractivity contribution in [2.24, 2.45) is 0 Å². The number of anilines is 1. The molecule has 0 amide bonds. The Labute approximate surface area is 112 Å². The lowest BCUT2D eigenvalue weighted by molar-refractivity contribution is 0.600. The molecule has 0 saturated carbocycles. The van der Waals surface area contributed by atoms with Crippen molar-refractivity contribution < 1.29 is 8.42 Å². The summed E-state index contributed by atoms with van der Waals surface area (Å²) in [6.07, 6.45) is 0. The number of hydrogen-bond acceptors (Lipinski definition) is 3. The van der Waals surface area contributed by atoms with E-state index in [1.165, 1.54) is 6.07 Å². The van der Waals surface area contributed by atoms with Crippen molar-refractivity contribution in [2.45, 2.75) is 5.75 Å². The van der Waals surface area contributed by atoms with Crippen molar-refractivity contribution in [2.75, 3.05) is 4.72 Å². The molecule has 0 aliphatic heterocycles. The van der Waals surface area contributed by atoms with Crippen LogP contribution in [0.3, 0.4) is 0 Å². The van der Waals surface area contributed by atoms with Crippen molar-refractivity contribution in [3.8, 4) is 6.07 Å². The summed E-state index contributed by atoms with van der Waals surface area (Å²) in [5.74, 6) is -0.0926. The molecule has 0 saturated heterocycles. The van der Waals surface area contributed by atoms with Crippen LogP contribution in [0.4, 0.5) is 5.69 Å². The second kappa shape index (κ2) is 5.55. The zero-order valence-corrected chi connectivity index (χ0v) is 10.9. The van der Waals surface area contributed by atoms with Crippen LogP contribution in [0.5, 0.6) is 0 Å². The van der Waals surface area contributed by atoms with Crippen LogP contribution < -0.4 is 4.72 Å². The second-order valence-corrected chi connectivity index (χ2v) is 5.76. The van der Waals surface area contributed by atoms with Gasteiger partial charge in [-0.05, 0) is 23.8 Å². The zero-order valence-electron chi connectivity index (χ0n) is 10.1. The summed E-state index contributed by atoms with van der Waals surface area (Å²) in [4.78, 5) is 0. The molecule has 0 heterocycles. The van der Waals surface area contributed by atoms with Gasteiger partial charge in [-0.3, -0.25) is 4.72 Å². The molecule has 5 heteroatoms. The molecule has 19 heavy (non-hydrogen) atoms. The molecule has 0 aromatic heterocycles. The van der Waals surface area contributed by atoms with E-state index in [1.807, 2.05) is 12.1 Å². The normalized spacial score (nSPS) is 10.7. The first-order valence-electron chi connectivity index (χ1n) is 5.64. The first kappa shape index (κ1) is 13.1. The van der Waals surface area contributed by atoms with Gasteiger partial charge in [-0.2, -0.15) is 5.26 Å². The van der Waals surface area contributed by atoms with Crippen molar-refractivity contribution in [3.05, 3.63) is 65.7 Å². The summed E-state index contributed by atoms with van der Waals surface area (Å²) in [6, 6.07) is 17.3. The third kappa shape index (κ3) is 3.83. The lowest BCUT2D eigenvalue weighted by Crippen LogP contribution is -2.15. The molecule has 96 valence electrons. The molecule has 0 fully saturated rings. The molecule has 0 bridgehead atoms. The first-order chi connectivity index (χ1) is 9.09. The van der Waals surface area contributed by atoms with E-state index in [2.05, 4.69) is 4.72 Å². The molecule has 0 radical (unpaired) electrons. The molecular weight excluding hydrogens is 260 g/mol. The van der Waals surface area contributed by atoms with Gasteiger partial charge in [0.25, 0.3) is 0 Å². The Morgan fingerprint density at radius 1 is 1.05 bits per heavy atom. The van der Waals surface area contributed by atoms with Crippen LogP contribution in [-0.2, 0) is 15.8 Å². The second-order valence-electron chi connectivity index (χ2n) is 4.04. The van der Waals surface area contributed by atoms with Crippen molar-refractivity contribution in [1.82, 2.24) is 0 Å². The Hall–Kier alpha value is -2.32. The molecule has 0 atom stereocenters. The summed E-state index contributed by atoms with van der Waals surface area (Å²) in [7, 11) is -3.47. The summed E-state index contributed by atoms with van der Waals surface area (Å²) in [5.41, 5.74) is 1.53. The van der Waals surface area contributed by atoms with Gasteiger partial charge in [-0.25, -0.2) is 8.42 Å². The van der Waals surface area contributed by atoms with Gasteiger partial charge in [-0.1, -0.05) is 36.4 Å². The van der Waals surface area contributed by atoms with Gasteiger partial charge in [-0.15, -0.1) is 0 Å². The van der Waals surface area contributed by atoms with Gasteiger partial charge in [0.15, 0.2) is 0 Å². The number of nitrogens with one attached hydrogen (secondary N) is 1. The summed E-state index contributed by atoms with van der Waals surface area (Å²) in [5, 5.41) is 8.77. The highest BCUT2D eigenvalue weighted by molar-refractivity contribution is 7.91. The van der Waals surface area contributed by atoms with E-state index >= 15 is 0 Å². The predicted octanol–water partition coefficient (Wildman–Crippen LogP) is 2.50.